The van der Waals surface area contributed by atoms with Gasteiger partial charge in [0.05, 0.1) is 0 Å². The SMILES string of the molecule is CCNC(=NCCCN1CCCC1=O)NCCc1ccc(C(C)(C)C)cc1.I. The molecule has 0 bridgehead atoms. The molecular formula is C22H37IN4O. The van der Waals surface area contributed by atoms with Crippen LogP contribution in [-0.4, -0.2) is 49.5 Å². The zero-order valence-corrected chi connectivity index (χ0v) is 20.2. The molecule has 1 aliphatic rings. The lowest BCUT2D eigenvalue weighted by Crippen LogP contribution is -2.38. The molecule has 1 aliphatic heterocycles. The van der Waals surface area contributed by atoms with E-state index in [0.717, 1.165) is 57.9 Å². The molecule has 0 spiro atoms. The van der Waals surface area contributed by atoms with Crippen LogP contribution in [0.3, 0.4) is 0 Å². The van der Waals surface area contributed by atoms with E-state index in [1.165, 1.54) is 11.1 Å². The Bertz CT molecular complexity index is 622. The van der Waals surface area contributed by atoms with Gasteiger partial charge in [-0.15, -0.1) is 24.0 Å². The molecule has 2 N–H and O–H groups in total. The van der Waals surface area contributed by atoms with Crippen LogP contribution in [0.5, 0.6) is 0 Å². The molecular weight excluding hydrogens is 463 g/mol. The Kier molecular flexibility index (Phi) is 10.9. The van der Waals surface area contributed by atoms with Crippen LogP contribution in [0.2, 0.25) is 0 Å². The summed E-state index contributed by atoms with van der Waals surface area (Å²) in [5.41, 5.74) is 2.89. The van der Waals surface area contributed by atoms with Crippen molar-refractivity contribution in [1.29, 1.82) is 0 Å². The summed E-state index contributed by atoms with van der Waals surface area (Å²) >= 11 is 0. The van der Waals surface area contributed by atoms with E-state index >= 15 is 0 Å². The van der Waals surface area contributed by atoms with E-state index < -0.39 is 0 Å². The lowest BCUT2D eigenvalue weighted by molar-refractivity contribution is -0.127. The van der Waals surface area contributed by atoms with Crippen LogP contribution < -0.4 is 10.6 Å². The number of likely N-dealkylation sites (tertiary alicyclic amines) is 1. The summed E-state index contributed by atoms with van der Waals surface area (Å²) in [5.74, 6) is 1.15. The molecule has 0 aromatic heterocycles. The summed E-state index contributed by atoms with van der Waals surface area (Å²) in [6.45, 7) is 13.0. The second-order valence-corrected chi connectivity index (χ2v) is 8.22. The van der Waals surface area contributed by atoms with E-state index in [-0.39, 0.29) is 29.4 Å². The van der Waals surface area contributed by atoms with Crippen molar-refractivity contribution < 1.29 is 4.79 Å². The van der Waals surface area contributed by atoms with Gasteiger partial charge in [0.1, 0.15) is 0 Å². The summed E-state index contributed by atoms with van der Waals surface area (Å²) < 4.78 is 0. The highest BCUT2D eigenvalue weighted by atomic mass is 127. The largest absolute Gasteiger partial charge is 0.357 e. The summed E-state index contributed by atoms with van der Waals surface area (Å²) in [6, 6.07) is 8.90. The number of benzene rings is 1. The third-order valence-electron chi connectivity index (χ3n) is 4.90. The van der Waals surface area contributed by atoms with E-state index in [9.17, 15) is 4.79 Å². The number of aliphatic imine (C=N–C) groups is 1. The zero-order valence-electron chi connectivity index (χ0n) is 17.9. The highest BCUT2D eigenvalue weighted by Crippen LogP contribution is 2.22. The molecule has 1 aromatic carbocycles. The van der Waals surface area contributed by atoms with Gasteiger partial charge < -0.3 is 15.5 Å². The highest BCUT2D eigenvalue weighted by molar-refractivity contribution is 14.0. The minimum atomic E-state index is 0. The Morgan fingerprint density at radius 2 is 1.89 bits per heavy atom. The fourth-order valence-electron chi connectivity index (χ4n) is 3.23. The number of nitrogens with zero attached hydrogens (tertiary/aromatic N) is 2. The van der Waals surface area contributed by atoms with E-state index in [4.69, 9.17) is 0 Å². The van der Waals surface area contributed by atoms with Gasteiger partial charge in [-0.25, -0.2) is 0 Å². The second-order valence-electron chi connectivity index (χ2n) is 8.22. The standard InChI is InChI=1S/C22H36N4O.HI/c1-5-23-21(24-14-7-17-26-16-6-8-20(26)27)25-15-13-18-9-11-19(12-10-18)22(2,3)4;/h9-12H,5-8,13-17H2,1-4H3,(H2,23,24,25);1H. The van der Waals surface area contributed by atoms with Crippen LogP contribution in [0.15, 0.2) is 29.3 Å². The molecule has 1 fully saturated rings. The number of amides is 1. The number of hydrogen-bond acceptors (Lipinski definition) is 2. The molecule has 158 valence electrons. The molecule has 5 nitrogen and oxygen atoms in total. The average Bonchev–Trinajstić information content (AvgIpc) is 3.03. The van der Waals surface area contributed by atoms with Crippen molar-refractivity contribution in [3.05, 3.63) is 35.4 Å². The normalized spacial score (nSPS) is 14.8. The van der Waals surface area contributed by atoms with Crippen molar-refractivity contribution in [2.24, 2.45) is 4.99 Å². The van der Waals surface area contributed by atoms with Gasteiger partial charge in [0.2, 0.25) is 5.91 Å². The number of rotatable bonds is 8. The van der Waals surface area contributed by atoms with Crippen LogP contribution in [0.1, 0.15) is 58.1 Å². The van der Waals surface area contributed by atoms with Crippen LogP contribution in [0.25, 0.3) is 0 Å². The van der Waals surface area contributed by atoms with Crippen molar-refractivity contribution in [3.8, 4) is 0 Å². The highest BCUT2D eigenvalue weighted by Gasteiger charge is 2.18. The molecule has 0 saturated carbocycles. The number of guanidine groups is 1. The van der Waals surface area contributed by atoms with Crippen LogP contribution >= 0.6 is 24.0 Å². The lowest BCUT2D eigenvalue weighted by Gasteiger charge is -2.19. The summed E-state index contributed by atoms with van der Waals surface area (Å²) in [4.78, 5) is 18.2. The minimum Gasteiger partial charge on any atom is -0.357 e. The first kappa shape index (κ1) is 24.7. The second kappa shape index (κ2) is 12.3. The maximum absolute atomic E-state index is 11.6. The van der Waals surface area contributed by atoms with E-state index in [0.29, 0.717) is 12.3 Å². The monoisotopic (exact) mass is 500 g/mol. The smallest absolute Gasteiger partial charge is 0.222 e. The Morgan fingerprint density at radius 1 is 1.18 bits per heavy atom. The van der Waals surface area contributed by atoms with E-state index in [1.54, 1.807) is 0 Å². The Hall–Kier alpha value is -1.31. The van der Waals surface area contributed by atoms with Gasteiger partial charge >= 0.3 is 0 Å². The quantitative estimate of drug-likeness (QED) is 0.248. The maximum atomic E-state index is 11.6. The molecule has 0 unspecified atom stereocenters. The molecule has 0 aliphatic carbocycles. The zero-order chi connectivity index (χ0) is 19.7. The van der Waals surface area contributed by atoms with Crippen molar-refractivity contribution >= 4 is 35.8 Å². The van der Waals surface area contributed by atoms with Gasteiger partial charge in [-0.05, 0) is 42.7 Å². The van der Waals surface area contributed by atoms with Gasteiger partial charge in [-0.2, -0.15) is 0 Å². The predicted molar refractivity (Wildman–Crippen MR) is 129 cm³/mol. The first-order valence-corrected chi connectivity index (χ1v) is 10.3. The number of carbonyl (C=O) groups is 1. The predicted octanol–water partition coefficient (Wildman–Crippen LogP) is 3.71. The molecule has 1 saturated heterocycles. The molecule has 28 heavy (non-hydrogen) atoms. The number of carbonyl (C=O) groups excluding carboxylic acids is 1. The first-order valence-electron chi connectivity index (χ1n) is 10.3. The minimum absolute atomic E-state index is 0. The van der Waals surface area contributed by atoms with Crippen LogP contribution in [0.4, 0.5) is 0 Å². The lowest BCUT2D eigenvalue weighted by atomic mass is 9.86. The van der Waals surface area contributed by atoms with Gasteiger partial charge in [0, 0.05) is 39.1 Å². The van der Waals surface area contributed by atoms with Gasteiger partial charge in [0.15, 0.2) is 5.96 Å². The third kappa shape index (κ3) is 8.37. The molecule has 1 aromatic rings. The Morgan fingerprint density at radius 3 is 2.46 bits per heavy atom. The summed E-state index contributed by atoms with van der Waals surface area (Å²) in [7, 11) is 0. The molecule has 6 heteroatoms. The van der Waals surface area contributed by atoms with Crippen molar-refractivity contribution in [3.63, 3.8) is 0 Å². The molecule has 1 amide bonds. The van der Waals surface area contributed by atoms with E-state index in [2.05, 4.69) is 67.6 Å². The molecule has 0 radical (unpaired) electrons. The van der Waals surface area contributed by atoms with Gasteiger partial charge in [-0.3, -0.25) is 9.79 Å². The topological polar surface area (TPSA) is 56.7 Å². The van der Waals surface area contributed by atoms with Crippen molar-refractivity contribution in [1.82, 2.24) is 15.5 Å². The number of nitrogens with one attached hydrogen (secondary N) is 2. The Labute approximate surface area is 187 Å². The van der Waals surface area contributed by atoms with Gasteiger partial charge in [0.25, 0.3) is 0 Å². The first-order chi connectivity index (χ1) is 12.9. The maximum Gasteiger partial charge on any atom is 0.222 e. The fraction of sp³-hybridized carbons (Fsp3) is 0.636. The van der Waals surface area contributed by atoms with Gasteiger partial charge in [-0.1, -0.05) is 45.0 Å². The molecule has 2 rings (SSSR count). The van der Waals surface area contributed by atoms with Crippen LogP contribution in [-0.2, 0) is 16.6 Å². The molecule has 0 atom stereocenters. The van der Waals surface area contributed by atoms with Crippen molar-refractivity contribution in [2.75, 3.05) is 32.7 Å². The summed E-state index contributed by atoms with van der Waals surface area (Å²) in [5, 5.41) is 6.70. The van der Waals surface area contributed by atoms with Crippen LogP contribution in [0, 0.1) is 0 Å². The summed E-state index contributed by atoms with van der Waals surface area (Å²) in [6.07, 6.45) is 3.60. The van der Waals surface area contributed by atoms with E-state index in [1.807, 2.05) is 4.90 Å². The third-order valence-corrected chi connectivity index (χ3v) is 4.90. The number of hydrogen-bond donors (Lipinski definition) is 2. The number of halogens is 1. The average molecular weight is 500 g/mol. The molecule has 1 heterocycles. The fourth-order valence-corrected chi connectivity index (χ4v) is 3.23. The van der Waals surface area contributed by atoms with Crippen molar-refractivity contribution in [2.45, 2.75) is 58.8 Å². The Balaban J connectivity index is 0.00000392.